The molecule has 20 heavy (non-hydrogen) atoms. The van der Waals surface area contributed by atoms with E-state index in [0.717, 1.165) is 6.92 Å². The van der Waals surface area contributed by atoms with Gasteiger partial charge in [-0.3, -0.25) is 9.59 Å². The van der Waals surface area contributed by atoms with Crippen molar-refractivity contribution in [2.45, 2.75) is 26.9 Å². The Kier molecular flexibility index (Phi) is 23.0. The van der Waals surface area contributed by atoms with E-state index in [2.05, 4.69) is 4.74 Å². The van der Waals surface area contributed by atoms with Crippen molar-refractivity contribution in [1.82, 2.24) is 0 Å². The fraction of sp³-hybridized carbons (Fsp3) is 0.538. The lowest BCUT2D eigenvalue weighted by atomic mass is 10.4. The summed E-state index contributed by atoms with van der Waals surface area (Å²) in [5, 5.41) is 32.4. The van der Waals surface area contributed by atoms with E-state index >= 15 is 0 Å². The average Bonchev–Trinajstić information content (AvgIpc) is 2.36. The SMILES string of the molecule is C/C=C/C=C/CO.CC(=O)O.CC(=O)OCC(O)CO. The van der Waals surface area contributed by atoms with E-state index in [1.165, 1.54) is 6.92 Å². The van der Waals surface area contributed by atoms with Gasteiger partial charge in [0.2, 0.25) is 0 Å². The summed E-state index contributed by atoms with van der Waals surface area (Å²) in [6, 6.07) is 0. The molecule has 0 saturated carbocycles. The van der Waals surface area contributed by atoms with Crippen molar-refractivity contribution in [1.29, 1.82) is 0 Å². The number of aliphatic hydroxyl groups excluding tert-OH is 3. The smallest absolute Gasteiger partial charge is 0.302 e. The Bertz CT molecular complexity index is 280. The first-order valence-electron chi connectivity index (χ1n) is 5.82. The number of hydrogen-bond donors (Lipinski definition) is 4. The molecule has 118 valence electrons. The van der Waals surface area contributed by atoms with Gasteiger partial charge in [0.05, 0.1) is 13.2 Å². The topological polar surface area (TPSA) is 124 Å². The van der Waals surface area contributed by atoms with Crippen LogP contribution in [0.4, 0.5) is 0 Å². The molecule has 0 spiro atoms. The summed E-state index contributed by atoms with van der Waals surface area (Å²) >= 11 is 0. The van der Waals surface area contributed by atoms with Crippen molar-refractivity contribution < 1.29 is 34.8 Å². The minimum atomic E-state index is -0.950. The van der Waals surface area contributed by atoms with Crippen LogP contribution in [0.5, 0.6) is 0 Å². The number of carboxylic acid groups (broad SMARTS) is 1. The second kappa shape index (κ2) is 19.6. The van der Waals surface area contributed by atoms with Gasteiger partial charge in [-0.2, -0.15) is 0 Å². The van der Waals surface area contributed by atoms with E-state index in [4.69, 9.17) is 25.2 Å². The number of ether oxygens (including phenoxy) is 1. The van der Waals surface area contributed by atoms with Gasteiger partial charge in [-0.05, 0) is 6.92 Å². The van der Waals surface area contributed by atoms with Crippen LogP contribution in [0.15, 0.2) is 24.3 Å². The summed E-state index contributed by atoms with van der Waals surface area (Å²) in [6.07, 6.45) is 6.32. The van der Waals surface area contributed by atoms with Gasteiger partial charge in [-0.15, -0.1) is 0 Å². The van der Waals surface area contributed by atoms with Crippen LogP contribution in [-0.2, 0) is 14.3 Å². The number of aliphatic carboxylic acids is 1. The second-order valence-corrected chi connectivity index (χ2v) is 3.29. The first kappa shape index (κ1) is 23.4. The Labute approximate surface area is 118 Å². The van der Waals surface area contributed by atoms with E-state index in [0.29, 0.717) is 0 Å². The van der Waals surface area contributed by atoms with Gasteiger partial charge in [-0.1, -0.05) is 24.3 Å². The first-order chi connectivity index (χ1) is 9.31. The molecule has 0 aliphatic rings. The maximum Gasteiger partial charge on any atom is 0.302 e. The zero-order valence-electron chi connectivity index (χ0n) is 12.0. The third-order valence-electron chi connectivity index (χ3n) is 1.23. The predicted molar refractivity (Wildman–Crippen MR) is 74.1 cm³/mol. The van der Waals surface area contributed by atoms with Gasteiger partial charge < -0.3 is 25.2 Å². The summed E-state index contributed by atoms with van der Waals surface area (Å²) in [4.78, 5) is 19.0. The molecule has 0 aromatic rings. The molecule has 0 fully saturated rings. The third-order valence-corrected chi connectivity index (χ3v) is 1.23. The Balaban J connectivity index is -0.000000234. The molecule has 0 bridgehead atoms. The number of carbonyl (C=O) groups excluding carboxylic acids is 1. The minimum absolute atomic E-state index is 0.129. The molecule has 4 N–H and O–H groups in total. The van der Waals surface area contributed by atoms with Crippen LogP contribution in [0.25, 0.3) is 0 Å². The molecule has 0 heterocycles. The van der Waals surface area contributed by atoms with E-state index in [9.17, 15) is 4.79 Å². The van der Waals surface area contributed by atoms with Crippen LogP contribution in [-0.4, -0.2) is 58.3 Å². The van der Waals surface area contributed by atoms with Gasteiger partial charge in [0, 0.05) is 13.8 Å². The van der Waals surface area contributed by atoms with Crippen molar-refractivity contribution in [3.05, 3.63) is 24.3 Å². The molecule has 0 amide bonds. The summed E-state index contributed by atoms with van der Waals surface area (Å²) in [7, 11) is 0. The Morgan fingerprint density at radius 3 is 2.00 bits per heavy atom. The number of esters is 1. The molecule has 0 aromatic heterocycles. The monoisotopic (exact) mass is 292 g/mol. The zero-order chi connectivity index (χ0) is 16.4. The van der Waals surface area contributed by atoms with Crippen molar-refractivity contribution in [3.8, 4) is 0 Å². The van der Waals surface area contributed by atoms with Gasteiger partial charge in [0.25, 0.3) is 5.97 Å². The number of carboxylic acids is 1. The van der Waals surface area contributed by atoms with E-state index in [1.807, 2.05) is 19.1 Å². The molecule has 0 saturated heterocycles. The molecule has 0 aliphatic carbocycles. The molecular weight excluding hydrogens is 268 g/mol. The molecule has 0 radical (unpaired) electrons. The summed E-state index contributed by atoms with van der Waals surface area (Å²) in [5.41, 5.74) is 0. The maximum absolute atomic E-state index is 10.0. The van der Waals surface area contributed by atoms with E-state index in [-0.39, 0.29) is 19.8 Å². The predicted octanol–water partition coefficient (Wildman–Crippen LogP) is 0.105. The quantitative estimate of drug-likeness (QED) is 0.418. The van der Waals surface area contributed by atoms with Crippen molar-refractivity contribution in [3.63, 3.8) is 0 Å². The van der Waals surface area contributed by atoms with Crippen LogP contribution >= 0.6 is 0 Å². The average molecular weight is 292 g/mol. The Hall–Kier alpha value is -1.70. The van der Waals surface area contributed by atoms with E-state index in [1.54, 1.807) is 12.2 Å². The van der Waals surface area contributed by atoms with Crippen LogP contribution in [0.2, 0.25) is 0 Å². The lowest BCUT2D eigenvalue weighted by Gasteiger charge is -2.05. The van der Waals surface area contributed by atoms with Crippen molar-refractivity contribution >= 4 is 11.9 Å². The number of rotatable bonds is 5. The highest BCUT2D eigenvalue weighted by Gasteiger charge is 2.02. The molecule has 0 aliphatic heterocycles. The Morgan fingerprint density at radius 2 is 1.70 bits per heavy atom. The standard InChI is InChI=1S/C6H10O.C5H10O4.C2H4O2/c1-2-3-4-5-6-7;1-4(7)9-3-5(8)2-6;1-2(3)4/h2-5,7H,6H2,1H3;5-6,8H,2-3H2,1H3;1H3,(H,3,4)/b3-2+,5-4+;;. The third kappa shape index (κ3) is 44.1. The lowest BCUT2D eigenvalue weighted by molar-refractivity contribution is -0.144. The summed E-state index contributed by atoms with van der Waals surface area (Å²) < 4.78 is 4.35. The number of aliphatic hydroxyl groups is 3. The fourth-order valence-electron chi connectivity index (χ4n) is 0.517. The molecule has 0 rings (SSSR count). The van der Waals surface area contributed by atoms with E-state index < -0.39 is 18.0 Å². The van der Waals surface area contributed by atoms with Gasteiger partial charge >= 0.3 is 5.97 Å². The molecule has 7 heteroatoms. The van der Waals surface area contributed by atoms with Crippen LogP contribution in [0, 0.1) is 0 Å². The molecule has 1 atom stereocenters. The minimum Gasteiger partial charge on any atom is -0.481 e. The van der Waals surface area contributed by atoms with Gasteiger partial charge in [-0.25, -0.2) is 0 Å². The van der Waals surface area contributed by atoms with Crippen molar-refractivity contribution in [2.24, 2.45) is 0 Å². The van der Waals surface area contributed by atoms with Crippen LogP contribution in [0.3, 0.4) is 0 Å². The van der Waals surface area contributed by atoms with Crippen LogP contribution < -0.4 is 0 Å². The van der Waals surface area contributed by atoms with Crippen LogP contribution in [0.1, 0.15) is 20.8 Å². The number of allylic oxidation sites excluding steroid dienone is 3. The highest BCUT2D eigenvalue weighted by molar-refractivity contribution is 5.65. The number of hydrogen-bond acceptors (Lipinski definition) is 6. The largest absolute Gasteiger partial charge is 0.481 e. The maximum atomic E-state index is 10.0. The highest BCUT2D eigenvalue weighted by Crippen LogP contribution is 1.83. The summed E-state index contributed by atoms with van der Waals surface area (Å²) in [6.45, 7) is 3.87. The molecule has 1 unspecified atom stereocenters. The first-order valence-corrected chi connectivity index (χ1v) is 5.82. The molecule has 7 nitrogen and oxygen atoms in total. The molecular formula is C13H24O7. The van der Waals surface area contributed by atoms with Gasteiger partial charge in [0.15, 0.2) is 0 Å². The normalized spacial score (nSPS) is 11.1. The lowest BCUT2D eigenvalue weighted by Crippen LogP contribution is -2.20. The fourth-order valence-corrected chi connectivity index (χ4v) is 0.517. The molecule has 0 aromatic carbocycles. The highest BCUT2D eigenvalue weighted by atomic mass is 16.5. The van der Waals surface area contributed by atoms with Crippen molar-refractivity contribution in [2.75, 3.05) is 19.8 Å². The second-order valence-electron chi connectivity index (χ2n) is 3.29. The Morgan fingerprint density at radius 1 is 1.20 bits per heavy atom. The summed E-state index contributed by atoms with van der Waals surface area (Å²) in [5.74, 6) is -1.29. The van der Waals surface area contributed by atoms with Gasteiger partial charge in [0.1, 0.15) is 12.7 Å². The number of carbonyl (C=O) groups is 2. The zero-order valence-corrected chi connectivity index (χ0v) is 12.0.